The van der Waals surface area contributed by atoms with Crippen LogP contribution in [0.2, 0.25) is 0 Å². The summed E-state index contributed by atoms with van der Waals surface area (Å²) in [4.78, 5) is 2.60. The van der Waals surface area contributed by atoms with Crippen molar-refractivity contribution in [1.29, 1.82) is 0 Å². The van der Waals surface area contributed by atoms with Gasteiger partial charge in [-0.2, -0.15) is 0 Å². The Morgan fingerprint density at radius 3 is 2.20 bits per heavy atom. The van der Waals surface area contributed by atoms with E-state index >= 15 is 0 Å². The molecule has 1 aliphatic heterocycles. The second-order valence-corrected chi connectivity index (χ2v) is 6.43. The molecule has 3 rings (SSSR count). The van der Waals surface area contributed by atoms with Crippen molar-refractivity contribution in [3.8, 4) is 0 Å². The van der Waals surface area contributed by atoms with Crippen molar-refractivity contribution in [2.75, 3.05) is 13.1 Å². The first-order valence-corrected chi connectivity index (χ1v) is 8.18. The zero-order valence-corrected chi connectivity index (χ0v) is 12.4. The average Bonchev–Trinajstić information content (AvgIpc) is 3.34. The molecule has 109 valence electrons. The molecule has 1 aromatic rings. The van der Waals surface area contributed by atoms with Crippen LogP contribution < -0.4 is 5.73 Å². The third-order valence-corrected chi connectivity index (χ3v) is 4.94. The van der Waals surface area contributed by atoms with Crippen LogP contribution in [0.4, 0.5) is 0 Å². The van der Waals surface area contributed by atoms with E-state index in [9.17, 15) is 0 Å². The Morgan fingerprint density at radius 1 is 1.05 bits per heavy atom. The summed E-state index contributed by atoms with van der Waals surface area (Å²) in [5.74, 6) is 0.728. The number of rotatable bonds is 5. The van der Waals surface area contributed by atoms with Crippen LogP contribution >= 0.6 is 0 Å². The van der Waals surface area contributed by atoms with Crippen molar-refractivity contribution in [2.45, 2.75) is 50.6 Å². The van der Waals surface area contributed by atoms with Gasteiger partial charge in [-0.15, -0.1) is 0 Å². The molecule has 1 saturated carbocycles. The van der Waals surface area contributed by atoms with E-state index in [-0.39, 0.29) is 6.04 Å². The number of hydrogen-bond acceptors (Lipinski definition) is 2. The molecule has 2 N–H and O–H groups in total. The van der Waals surface area contributed by atoms with Crippen molar-refractivity contribution >= 4 is 0 Å². The lowest BCUT2D eigenvalue weighted by Crippen LogP contribution is -2.33. The fourth-order valence-corrected chi connectivity index (χ4v) is 3.46. The predicted molar refractivity (Wildman–Crippen MR) is 84.2 cm³/mol. The highest BCUT2D eigenvalue weighted by Gasteiger charge is 2.29. The van der Waals surface area contributed by atoms with Gasteiger partial charge in [0.2, 0.25) is 0 Å². The predicted octanol–water partition coefficient (Wildman–Crippen LogP) is 3.85. The van der Waals surface area contributed by atoms with Crippen LogP contribution in [0.15, 0.2) is 24.3 Å². The zero-order chi connectivity index (χ0) is 13.9. The Labute approximate surface area is 123 Å². The van der Waals surface area contributed by atoms with Gasteiger partial charge in [0.1, 0.15) is 0 Å². The standard InChI is InChI=1S/C18H27N2/c1-2-17(20-12-4-3-5-13-20)14-6-8-15(9-7-14)18(19)16-10-11-16/h6-9,16-18H,1-5,10-13,19H2/t17-,18+/m0/s1. The molecule has 1 aliphatic carbocycles. The van der Waals surface area contributed by atoms with Crippen LogP contribution in [0.25, 0.3) is 0 Å². The molecule has 0 unspecified atom stereocenters. The topological polar surface area (TPSA) is 29.3 Å². The van der Waals surface area contributed by atoms with Crippen LogP contribution in [0, 0.1) is 12.8 Å². The summed E-state index contributed by atoms with van der Waals surface area (Å²) in [6.45, 7) is 6.62. The first-order valence-electron chi connectivity index (χ1n) is 8.18. The van der Waals surface area contributed by atoms with E-state index in [1.165, 1.54) is 56.3 Å². The number of likely N-dealkylation sites (tertiary alicyclic amines) is 1. The van der Waals surface area contributed by atoms with Gasteiger partial charge in [0.15, 0.2) is 0 Å². The van der Waals surface area contributed by atoms with Crippen LogP contribution in [-0.4, -0.2) is 18.0 Å². The molecule has 0 bridgehead atoms. The highest BCUT2D eigenvalue weighted by molar-refractivity contribution is 5.28. The summed E-state index contributed by atoms with van der Waals surface area (Å²) >= 11 is 0. The fraction of sp³-hybridized carbons (Fsp3) is 0.611. The molecule has 2 nitrogen and oxygen atoms in total. The maximum absolute atomic E-state index is 6.28. The number of benzene rings is 1. The summed E-state index contributed by atoms with van der Waals surface area (Å²) in [7, 11) is 0. The number of hydrogen-bond donors (Lipinski definition) is 1. The van der Waals surface area contributed by atoms with Crippen molar-refractivity contribution in [2.24, 2.45) is 11.7 Å². The van der Waals surface area contributed by atoms with Crippen LogP contribution in [-0.2, 0) is 0 Å². The quantitative estimate of drug-likeness (QED) is 0.881. The third-order valence-electron chi connectivity index (χ3n) is 4.94. The Bertz CT molecular complexity index is 416. The van der Waals surface area contributed by atoms with Gasteiger partial charge >= 0.3 is 0 Å². The Morgan fingerprint density at radius 2 is 1.65 bits per heavy atom. The maximum atomic E-state index is 6.28. The van der Waals surface area contributed by atoms with Gasteiger partial charge < -0.3 is 5.73 Å². The number of nitrogens with zero attached hydrogens (tertiary/aromatic N) is 1. The van der Waals surface area contributed by atoms with Gasteiger partial charge in [-0.25, -0.2) is 0 Å². The van der Waals surface area contributed by atoms with Gasteiger partial charge in [-0.3, -0.25) is 4.90 Å². The molecule has 0 amide bonds. The average molecular weight is 271 g/mol. The van der Waals surface area contributed by atoms with Gasteiger partial charge in [0.05, 0.1) is 0 Å². The third kappa shape index (κ3) is 3.07. The molecule has 20 heavy (non-hydrogen) atoms. The normalized spacial score (nSPS) is 23.5. The lowest BCUT2D eigenvalue weighted by Gasteiger charge is -2.34. The Kier molecular flexibility index (Phi) is 4.42. The smallest absolute Gasteiger partial charge is 0.0348 e. The first-order chi connectivity index (χ1) is 9.79. The minimum absolute atomic E-state index is 0.247. The van der Waals surface area contributed by atoms with Gasteiger partial charge in [-0.05, 0) is 62.2 Å². The van der Waals surface area contributed by atoms with E-state index in [4.69, 9.17) is 5.73 Å². The molecular weight excluding hydrogens is 244 g/mol. The monoisotopic (exact) mass is 271 g/mol. The molecule has 0 aromatic heterocycles. The van der Waals surface area contributed by atoms with Crippen LogP contribution in [0.1, 0.15) is 61.7 Å². The largest absolute Gasteiger partial charge is 0.324 e. The lowest BCUT2D eigenvalue weighted by molar-refractivity contribution is 0.164. The number of piperidine rings is 1. The SMILES string of the molecule is [CH2]C[C@@H](c1ccc([C@@H](N)C2CC2)cc1)N1CCCCC1. The summed E-state index contributed by atoms with van der Waals surface area (Å²) in [6, 6.07) is 9.78. The molecule has 2 heteroatoms. The summed E-state index contributed by atoms with van der Waals surface area (Å²) in [5, 5.41) is 0. The van der Waals surface area contributed by atoms with Crippen molar-refractivity contribution in [3.63, 3.8) is 0 Å². The van der Waals surface area contributed by atoms with Crippen molar-refractivity contribution in [1.82, 2.24) is 4.90 Å². The molecule has 1 radical (unpaired) electrons. The van der Waals surface area contributed by atoms with E-state index in [0.29, 0.717) is 6.04 Å². The van der Waals surface area contributed by atoms with Crippen molar-refractivity contribution < 1.29 is 0 Å². The van der Waals surface area contributed by atoms with Crippen LogP contribution in [0.5, 0.6) is 0 Å². The van der Waals surface area contributed by atoms with Crippen LogP contribution in [0.3, 0.4) is 0 Å². The Balaban J connectivity index is 1.70. The lowest BCUT2D eigenvalue weighted by atomic mass is 9.96. The molecule has 1 heterocycles. The summed E-state index contributed by atoms with van der Waals surface area (Å²) in [6.07, 6.45) is 7.61. The Hall–Kier alpha value is -0.860. The minimum atomic E-state index is 0.247. The highest BCUT2D eigenvalue weighted by atomic mass is 15.2. The van der Waals surface area contributed by atoms with Gasteiger partial charge in [0, 0.05) is 12.1 Å². The second kappa shape index (κ2) is 6.28. The first kappa shape index (κ1) is 14.1. The summed E-state index contributed by atoms with van der Waals surface area (Å²) < 4.78 is 0. The molecular formula is C18H27N2. The van der Waals surface area contributed by atoms with E-state index in [0.717, 1.165) is 12.3 Å². The molecule has 1 aromatic carbocycles. The molecule has 2 aliphatic rings. The molecule has 2 fully saturated rings. The molecule has 2 atom stereocenters. The highest BCUT2D eigenvalue weighted by Crippen LogP contribution is 2.39. The van der Waals surface area contributed by atoms with E-state index in [1.807, 2.05) is 0 Å². The minimum Gasteiger partial charge on any atom is -0.324 e. The fourth-order valence-electron chi connectivity index (χ4n) is 3.46. The van der Waals surface area contributed by atoms with E-state index in [1.54, 1.807) is 0 Å². The number of nitrogens with two attached hydrogens (primary N) is 1. The zero-order valence-electron chi connectivity index (χ0n) is 12.4. The second-order valence-electron chi connectivity index (χ2n) is 6.43. The maximum Gasteiger partial charge on any atom is 0.0348 e. The van der Waals surface area contributed by atoms with Gasteiger partial charge in [-0.1, -0.05) is 37.6 Å². The van der Waals surface area contributed by atoms with Crippen molar-refractivity contribution in [3.05, 3.63) is 42.3 Å². The van der Waals surface area contributed by atoms with Gasteiger partial charge in [0.25, 0.3) is 0 Å². The van der Waals surface area contributed by atoms with E-state index in [2.05, 4.69) is 36.1 Å². The molecule has 0 spiro atoms. The van der Waals surface area contributed by atoms with E-state index < -0.39 is 0 Å². The summed E-state index contributed by atoms with van der Waals surface area (Å²) in [5.41, 5.74) is 8.99. The molecule has 1 saturated heterocycles.